The first kappa shape index (κ1) is 25.0. The molecular formula is C34H48O. The summed E-state index contributed by atoms with van der Waals surface area (Å²) in [6, 6.07) is 10.4. The van der Waals surface area contributed by atoms with Gasteiger partial charge in [0.05, 0.1) is 0 Å². The van der Waals surface area contributed by atoms with Gasteiger partial charge in [-0.3, -0.25) is 4.79 Å². The molecule has 4 aliphatic rings. The predicted molar refractivity (Wildman–Crippen MR) is 148 cm³/mol. The van der Waals surface area contributed by atoms with E-state index >= 15 is 0 Å². The van der Waals surface area contributed by atoms with Crippen LogP contribution in [0.15, 0.2) is 47.6 Å². The van der Waals surface area contributed by atoms with E-state index in [-0.39, 0.29) is 11.2 Å². The van der Waals surface area contributed by atoms with Crippen LogP contribution in [0.3, 0.4) is 0 Å². The van der Waals surface area contributed by atoms with E-state index in [1.54, 1.807) is 0 Å². The van der Waals surface area contributed by atoms with Crippen LogP contribution in [0.2, 0.25) is 0 Å². The van der Waals surface area contributed by atoms with Gasteiger partial charge in [-0.05, 0) is 109 Å². The Morgan fingerprint density at radius 3 is 2.49 bits per heavy atom. The van der Waals surface area contributed by atoms with Gasteiger partial charge in [-0.1, -0.05) is 89.8 Å². The summed E-state index contributed by atoms with van der Waals surface area (Å²) in [7, 11) is 0. The quantitative estimate of drug-likeness (QED) is 0.377. The molecule has 0 saturated heterocycles. The van der Waals surface area contributed by atoms with Gasteiger partial charge in [0.1, 0.15) is 0 Å². The number of allylic oxidation sites excluding steroid dienone is 2. The van der Waals surface area contributed by atoms with E-state index in [0.717, 1.165) is 59.5 Å². The molecule has 5 rings (SSSR count). The highest BCUT2D eigenvalue weighted by atomic mass is 16.1. The Bertz CT molecular complexity index is 983. The van der Waals surface area contributed by atoms with Crippen LogP contribution in [0.25, 0.3) is 6.08 Å². The Hall–Kier alpha value is -1.63. The van der Waals surface area contributed by atoms with E-state index in [2.05, 4.69) is 77.1 Å². The molecule has 0 radical (unpaired) electrons. The SMILES string of the molecule is CC(C)CCC[C@@H](C)[C@H]1CC[C@H]2[C@@H]3CCC4=CC(=O)C(=Cc5ccccc5)C[C@]4(C)[C@H]3CC[C@]12C. The van der Waals surface area contributed by atoms with Crippen molar-refractivity contribution >= 4 is 11.9 Å². The second kappa shape index (κ2) is 9.68. The molecule has 0 spiro atoms. The zero-order valence-corrected chi connectivity index (χ0v) is 23.0. The number of fused-ring (bicyclic) bond motifs is 5. The molecule has 0 heterocycles. The molecule has 1 aromatic carbocycles. The van der Waals surface area contributed by atoms with Crippen LogP contribution >= 0.6 is 0 Å². The van der Waals surface area contributed by atoms with E-state index in [1.165, 1.54) is 56.9 Å². The third kappa shape index (κ3) is 4.51. The van der Waals surface area contributed by atoms with E-state index in [9.17, 15) is 4.79 Å². The second-order valence-corrected chi connectivity index (χ2v) is 13.7. The lowest BCUT2D eigenvalue weighted by Crippen LogP contribution is -2.51. The standard InChI is InChI=1S/C34H48O/c1-23(2)10-9-11-24(3)29-16-17-30-28-15-14-27-21-32(35)26(20-25-12-7-6-8-13-25)22-34(27,5)31(28)18-19-33(29,30)4/h6-8,12-13,20-21,23-24,28-31H,9-11,14-19,22H2,1-5H3/t24-,28+,29-,30+,31+,33-,34+/m1/s1. The first-order chi connectivity index (χ1) is 16.7. The van der Waals surface area contributed by atoms with Crippen LogP contribution in [0.4, 0.5) is 0 Å². The monoisotopic (exact) mass is 472 g/mol. The maximum absolute atomic E-state index is 13.1. The second-order valence-electron chi connectivity index (χ2n) is 13.7. The maximum Gasteiger partial charge on any atom is 0.181 e. The zero-order valence-electron chi connectivity index (χ0n) is 23.0. The molecule has 1 aromatic rings. The van der Waals surface area contributed by atoms with Gasteiger partial charge >= 0.3 is 0 Å². The summed E-state index contributed by atoms with van der Waals surface area (Å²) in [4.78, 5) is 13.1. The number of carbonyl (C=O) groups is 1. The van der Waals surface area contributed by atoms with E-state index in [0.29, 0.717) is 5.41 Å². The van der Waals surface area contributed by atoms with E-state index in [4.69, 9.17) is 0 Å². The van der Waals surface area contributed by atoms with Crippen molar-refractivity contribution in [2.75, 3.05) is 0 Å². The lowest BCUT2D eigenvalue weighted by Gasteiger charge is -2.58. The molecule has 4 aliphatic carbocycles. The van der Waals surface area contributed by atoms with Gasteiger partial charge in [0.15, 0.2) is 5.78 Å². The van der Waals surface area contributed by atoms with Crippen molar-refractivity contribution in [1.29, 1.82) is 0 Å². The van der Waals surface area contributed by atoms with Crippen molar-refractivity contribution in [2.24, 2.45) is 46.3 Å². The molecule has 1 heteroatoms. The lowest BCUT2D eigenvalue weighted by atomic mass is 9.46. The highest BCUT2D eigenvalue weighted by Crippen LogP contribution is 2.68. The van der Waals surface area contributed by atoms with Crippen molar-refractivity contribution in [2.45, 2.75) is 98.8 Å². The number of ketones is 1. The fraction of sp³-hybridized carbons (Fsp3) is 0.676. The Morgan fingerprint density at radius 2 is 1.74 bits per heavy atom. The molecule has 0 aliphatic heterocycles. The summed E-state index contributed by atoms with van der Waals surface area (Å²) < 4.78 is 0. The smallest absolute Gasteiger partial charge is 0.181 e. The van der Waals surface area contributed by atoms with Crippen molar-refractivity contribution in [3.63, 3.8) is 0 Å². The van der Waals surface area contributed by atoms with Gasteiger partial charge < -0.3 is 0 Å². The van der Waals surface area contributed by atoms with Crippen LogP contribution in [-0.2, 0) is 4.79 Å². The third-order valence-electron chi connectivity index (χ3n) is 11.3. The van der Waals surface area contributed by atoms with Gasteiger partial charge in [0.25, 0.3) is 0 Å². The normalized spacial score (nSPS) is 38.6. The van der Waals surface area contributed by atoms with Crippen LogP contribution in [0.1, 0.15) is 104 Å². The summed E-state index contributed by atoms with van der Waals surface area (Å²) in [6.45, 7) is 12.5. The van der Waals surface area contributed by atoms with Crippen molar-refractivity contribution in [3.05, 3.63) is 53.1 Å². The molecule has 0 amide bonds. The average molecular weight is 473 g/mol. The predicted octanol–water partition coefficient (Wildman–Crippen LogP) is 9.29. The van der Waals surface area contributed by atoms with Crippen LogP contribution in [-0.4, -0.2) is 5.78 Å². The van der Waals surface area contributed by atoms with Gasteiger partial charge in [0, 0.05) is 5.57 Å². The molecule has 0 aromatic heterocycles. The Kier molecular flexibility index (Phi) is 6.92. The molecule has 0 bridgehead atoms. The first-order valence-electron chi connectivity index (χ1n) is 14.7. The maximum atomic E-state index is 13.1. The average Bonchev–Trinajstić information content (AvgIpc) is 3.18. The highest BCUT2D eigenvalue weighted by Gasteiger charge is 2.59. The molecule has 1 nitrogen and oxygen atoms in total. The summed E-state index contributed by atoms with van der Waals surface area (Å²) in [5.41, 5.74) is 4.35. The van der Waals surface area contributed by atoms with E-state index in [1.807, 2.05) is 0 Å². The number of benzene rings is 1. The number of hydrogen-bond donors (Lipinski definition) is 0. The fourth-order valence-electron chi connectivity index (χ4n) is 9.44. The molecule has 0 unspecified atom stereocenters. The summed E-state index contributed by atoms with van der Waals surface area (Å²) >= 11 is 0. The van der Waals surface area contributed by atoms with E-state index < -0.39 is 0 Å². The third-order valence-corrected chi connectivity index (χ3v) is 11.3. The van der Waals surface area contributed by atoms with Gasteiger partial charge in [-0.15, -0.1) is 0 Å². The zero-order chi connectivity index (χ0) is 24.8. The van der Waals surface area contributed by atoms with Gasteiger partial charge in [0.2, 0.25) is 0 Å². The Balaban J connectivity index is 1.36. The van der Waals surface area contributed by atoms with Crippen molar-refractivity contribution in [1.82, 2.24) is 0 Å². The summed E-state index contributed by atoms with van der Waals surface area (Å²) in [6.07, 6.45) is 17.5. The van der Waals surface area contributed by atoms with Crippen LogP contribution in [0, 0.1) is 46.3 Å². The molecule has 3 fully saturated rings. The fourth-order valence-corrected chi connectivity index (χ4v) is 9.44. The number of hydrogen-bond acceptors (Lipinski definition) is 1. The van der Waals surface area contributed by atoms with Gasteiger partial charge in [-0.2, -0.15) is 0 Å². The largest absolute Gasteiger partial charge is 0.290 e. The topological polar surface area (TPSA) is 17.1 Å². The van der Waals surface area contributed by atoms with Crippen molar-refractivity contribution in [3.8, 4) is 0 Å². The van der Waals surface area contributed by atoms with Crippen LogP contribution < -0.4 is 0 Å². The molecule has 0 N–H and O–H groups in total. The molecule has 3 saturated carbocycles. The van der Waals surface area contributed by atoms with Crippen molar-refractivity contribution < 1.29 is 4.79 Å². The summed E-state index contributed by atoms with van der Waals surface area (Å²) in [5, 5.41) is 0. The Morgan fingerprint density at radius 1 is 0.971 bits per heavy atom. The summed E-state index contributed by atoms with van der Waals surface area (Å²) in [5.74, 6) is 5.33. The number of rotatable bonds is 6. The number of carbonyl (C=O) groups excluding carboxylic acids is 1. The molecular weight excluding hydrogens is 424 g/mol. The van der Waals surface area contributed by atoms with Crippen LogP contribution in [0.5, 0.6) is 0 Å². The molecule has 7 atom stereocenters. The minimum atomic E-state index is 0.166. The lowest BCUT2D eigenvalue weighted by molar-refractivity contribution is -0.113. The van der Waals surface area contributed by atoms with Gasteiger partial charge in [-0.25, -0.2) is 0 Å². The molecule has 35 heavy (non-hydrogen) atoms. The highest BCUT2D eigenvalue weighted by molar-refractivity contribution is 6.08. The molecule has 190 valence electrons. The Labute approximate surface area is 214 Å². The minimum absolute atomic E-state index is 0.166. The first-order valence-corrected chi connectivity index (χ1v) is 14.7. The minimum Gasteiger partial charge on any atom is -0.290 e.